The number of hydrogen-bond acceptors (Lipinski definition) is 6. The summed E-state index contributed by atoms with van der Waals surface area (Å²) in [7, 11) is -1.22. The average Bonchev–Trinajstić information content (AvgIpc) is 2.47. The second-order valence-electron chi connectivity index (χ2n) is 6.37. The average molecular weight is 315 g/mol. The van der Waals surface area contributed by atoms with Gasteiger partial charge in [-0.2, -0.15) is 0 Å². The van der Waals surface area contributed by atoms with E-state index in [4.69, 9.17) is 4.65 Å². The summed E-state index contributed by atoms with van der Waals surface area (Å²) in [5.74, 6) is 0.425. The lowest BCUT2D eigenvalue weighted by Gasteiger charge is -2.38. The molecule has 0 aliphatic carbocycles. The Morgan fingerprint density at radius 1 is 1.04 bits per heavy atom. The molecule has 0 saturated heterocycles. The lowest BCUT2D eigenvalue weighted by atomic mass is 9.78. The van der Waals surface area contributed by atoms with Gasteiger partial charge in [0.05, 0.1) is 11.2 Å². The first kappa shape index (κ1) is 17.4. The Hall–Kier alpha value is -1.96. The van der Waals surface area contributed by atoms with Gasteiger partial charge in [-0.15, -0.1) is 0 Å². The van der Waals surface area contributed by atoms with Gasteiger partial charge in [0.15, 0.2) is 0 Å². The predicted molar refractivity (Wildman–Crippen MR) is 90.8 cm³/mol. The van der Waals surface area contributed by atoms with Crippen LogP contribution in [-0.2, 0) is 4.65 Å². The van der Waals surface area contributed by atoms with Crippen LogP contribution in [0.25, 0.3) is 0 Å². The molecular weight excluding hydrogens is 293 g/mol. The third-order valence-corrected chi connectivity index (χ3v) is 3.87. The molecule has 0 aliphatic rings. The number of aliphatic hydroxyl groups is 1. The number of nitrogens with zero attached hydrogens (tertiary/aromatic N) is 2. The minimum atomic E-state index is -1.22. The van der Waals surface area contributed by atoms with Crippen LogP contribution in [0.1, 0.15) is 27.7 Å². The van der Waals surface area contributed by atoms with Crippen molar-refractivity contribution in [3.05, 3.63) is 42.7 Å². The lowest BCUT2D eigenvalue weighted by Crippen LogP contribution is -2.53. The van der Waals surface area contributed by atoms with Crippen LogP contribution < -0.4 is 10.8 Å². The van der Waals surface area contributed by atoms with E-state index in [1.54, 1.807) is 27.7 Å². The summed E-state index contributed by atoms with van der Waals surface area (Å²) in [6.45, 7) is 6.68. The van der Waals surface area contributed by atoms with Crippen LogP contribution in [0.15, 0.2) is 42.7 Å². The Morgan fingerprint density at radius 3 is 2.13 bits per heavy atom. The van der Waals surface area contributed by atoms with Crippen LogP contribution >= 0.6 is 0 Å². The summed E-state index contributed by atoms with van der Waals surface area (Å²) in [5, 5.41) is 23.3. The smallest absolute Gasteiger partial charge is 0.423 e. The predicted octanol–water partition coefficient (Wildman–Crippen LogP) is 1.47. The number of nitrogens with one attached hydrogen (secondary N) is 1. The fourth-order valence-electron chi connectivity index (χ4n) is 1.67. The molecule has 0 radical (unpaired) electrons. The fourth-order valence-corrected chi connectivity index (χ4v) is 1.67. The van der Waals surface area contributed by atoms with E-state index < -0.39 is 18.3 Å². The molecule has 7 heteroatoms. The quantitative estimate of drug-likeness (QED) is 0.700. The molecule has 0 unspecified atom stereocenters. The molecule has 0 atom stereocenters. The van der Waals surface area contributed by atoms with E-state index >= 15 is 0 Å². The van der Waals surface area contributed by atoms with E-state index in [0.717, 1.165) is 5.69 Å². The Labute approximate surface area is 136 Å². The molecule has 6 nitrogen and oxygen atoms in total. The minimum absolute atomic E-state index is 0.418. The zero-order valence-electron chi connectivity index (χ0n) is 13.8. The summed E-state index contributed by atoms with van der Waals surface area (Å²) in [5.41, 5.74) is -0.752. The normalized spacial score (nSPS) is 12.1. The Balaban J connectivity index is 2.04. The second kappa shape index (κ2) is 6.66. The topological polar surface area (TPSA) is 87.5 Å². The van der Waals surface area contributed by atoms with Gasteiger partial charge in [-0.25, -0.2) is 9.97 Å². The van der Waals surface area contributed by atoms with Crippen molar-refractivity contribution in [2.75, 3.05) is 5.32 Å². The van der Waals surface area contributed by atoms with E-state index in [1.807, 2.05) is 30.3 Å². The van der Waals surface area contributed by atoms with Gasteiger partial charge in [0.25, 0.3) is 0 Å². The van der Waals surface area contributed by atoms with Crippen molar-refractivity contribution in [2.24, 2.45) is 0 Å². The monoisotopic (exact) mass is 315 g/mol. The van der Waals surface area contributed by atoms with Crippen molar-refractivity contribution in [1.29, 1.82) is 0 Å². The molecule has 1 aromatic carbocycles. The molecule has 1 heterocycles. The van der Waals surface area contributed by atoms with Crippen LogP contribution in [0.4, 0.5) is 11.6 Å². The van der Waals surface area contributed by atoms with E-state index in [1.165, 1.54) is 12.4 Å². The third kappa shape index (κ3) is 4.51. The zero-order chi connectivity index (χ0) is 17.1. The van der Waals surface area contributed by atoms with Crippen molar-refractivity contribution in [3.8, 4) is 0 Å². The zero-order valence-corrected chi connectivity index (χ0v) is 13.8. The summed E-state index contributed by atoms with van der Waals surface area (Å²) in [6.07, 6.45) is 2.98. The fraction of sp³-hybridized carbons (Fsp3) is 0.375. The summed E-state index contributed by atoms with van der Waals surface area (Å²) >= 11 is 0. The number of benzene rings is 1. The van der Waals surface area contributed by atoms with Gasteiger partial charge in [0.2, 0.25) is 5.95 Å². The minimum Gasteiger partial charge on any atom is -0.423 e. The van der Waals surface area contributed by atoms with Gasteiger partial charge in [0.1, 0.15) is 0 Å². The molecule has 0 fully saturated rings. The highest BCUT2D eigenvalue weighted by Crippen LogP contribution is 2.25. The van der Waals surface area contributed by atoms with Gasteiger partial charge >= 0.3 is 7.12 Å². The van der Waals surface area contributed by atoms with Crippen LogP contribution in [0, 0.1) is 0 Å². The highest BCUT2D eigenvalue weighted by molar-refractivity contribution is 6.59. The Bertz CT molecular complexity index is 627. The van der Waals surface area contributed by atoms with Gasteiger partial charge < -0.3 is 20.1 Å². The molecule has 0 bridgehead atoms. The largest absolute Gasteiger partial charge is 0.494 e. The van der Waals surface area contributed by atoms with Crippen molar-refractivity contribution in [3.63, 3.8) is 0 Å². The van der Waals surface area contributed by atoms with Crippen LogP contribution in [0.3, 0.4) is 0 Å². The van der Waals surface area contributed by atoms with E-state index in [0.29, 0.717) is 11.4 Å². The highest BCUT2D eigenvalue weighted by Gasteiger charge is 2.39. The number of rotatable bonds is 6. The van der Waals surface area contributed by atoms with Crippen molar-refractivity contribution < 1.29 is 14.8 Å². The molecule has 23 heavy (non-hydrogen) atoms. The maximum Gasteiger partial charge on any atom is 0.494 e. The first-order valence-electron chi connectivity index (χ1n) is 7.41. The number of para-hydroxylation sites is 1. The molecule has 3 N–H and O–H groups in total. The first-order chi connectivity index (χ1) is 10.7. The van der Waals surface area contributed by atoms with Crippen LogP contribution in [0.2, 0.25) is 0 Å². The van der Waals surface area contributed by atoms with Gasteiger partial charge in [-0.1, -0.05) is 18.2 Å². The van der Waals surface area contributed by atoms with Crippen LogP contribution in [-0.4, -0.2) is 38.4 Å². The molecule has 2 aromatic rings. The SMILES string of the molecule is CC(C)(O)C(C)(C)OB(O)c1cnc(Nc2ccccc2)nc1. The van der Waals surface area contributed by atoms with E-state index in [-0.39, 0.29) is 0 Å². The maximum absolute atomic E-state index is 10.2. The molecule has 0 spiro atoms. The number of anilines is 2. The second-order valence-corrected chi connectivity index (χ2v) is 6.37. The lowest BCUT2D eigenvalue weighted by molar-refractivity contribution is -0.0982. The Morgan fingerprint density at radius 2 is 1.61 bits per heavy atom. The summed E-state index contributed by atoms with van der Waals surface area (Å²) < 4.78 is 5.55. The Kier molecular flexibility index (Phi) is 5.04. The molecule has 0 aliphatic heterocycles. The van der Waals surface area contributed by atoms with E-state index in [2.05, 4.69) is 15.3 Å². The van der Waals surface area contributed by atoms with Gasteiger partial charge in [-0.3, -0.25) is 0 Å². The maximum atomic E-state index is 10.2. The molecule has 122 valence electrons. The van der Waals surface area contributed by atoms with Crippen molar-refractivity contribution in [1.82, 2.24) is 9.97 Å². The molecule has 1 aromatic heterocycles. The highest BCUT2D eigenvalue weighted by atomic mass is 16.5. The van der Waals surface area contributed by atoms with Crippen LogP contribution in [0.5, 0.6) is 0 Å². The van der Waals surface area contributed by atoms with Gasteiger partial charge in [0, 0.05) is 23.5 Å². The summed E-state index contributed by atoms with van der Waals surface area (Å²) in [4.78, 5) is 8.33. The van der Waals surface area contributed by atoms with Gasteiger partial charge in [-0.05, 0) is 39.8 Å². The van der Waals surface area contributed by atoms with Crippen molar-refractivity contribution >= 4 is 24.2 Å². The molecular formula is C16H22BN3O3. The number of hydrogen-bond donors (Lipinski definition) is 3. The standard InChI is InChI=1S/C16H22BN3O3/c1-15(2,21)16(3,4)23-17(22)12-10-18-14(19-11-12)20-13-8-6-5-7-9-13/h5-11,21-22H,1-4H3,(H,18,19,20). The van der Waals surface area contributed by atoms with E-state index in [9.17, 15) is 10.1 Å². The number of aromatic nitrogens is 2. The van der Waals surface area contributed by atoms with Crippen molar-refractivity contribution in [2.45, 2.75) is 38.9 Å². The molecule has 2 rings (SSSR count). The third-order valence-electron chi connectivity index (χ3n) is 3.87. The summed E-state index contributed by atoms with van der Waals surface area (Å²) in [6, 6.07) is 9.55. The first-order valence-corrected chi connectivity index (χ1v) is 7.41. The molecule has 0 amide bonds. The molecule has 0 saturated carbocycles.